The zero-order valence-corrected chi connectivity index (χ0v) is 10.2. The fraction of sp³-hybridized carbons (Fsp3) is 0. The highest BCUT2D eigenvalue weighted by atomic mass is 79.9. The first-order valence-electron chi connectivity index (χ1n) is 4.85. The van der Waals surface area contributed by atoms with E-state index in [4.69, 9.17) is 0 Å². The molecule has 0 atom stereocenters. The molecule has 0 unspecified atom stereocenters. The summed E-state index contributed by atoms with van der Waals surface area (Å²) in [5.74, 6) is -0.707. The number of nitrogens with one attached hydrogen (secondary N) is 1. The van der Waals surface area contributed by atoms with Crippen LogP contribution < -0.4 is 5.32 Å². The number of carbonyl (C=O) groups is 1. The fourth-order valence-corrected chi connectivity index (χ4v) is 1.65. The van der Waals surface area contributed by atoms with Gasteiger partial charge in [-0.15, -0.1) is 0 Å². The minimum atomic E-state index is -0.556. The predicted octanol–water partition coefficient (Wildman–Crippen LogP) is 3.24. The van der Waals surface area contributed by atoms with Gasteiger partial charge in [0.25, 0.3) is 5.91 Å². The lowest BCUT2D eigenvalue weighted by atomic mass is 10.2. The van der Waals surface area contributed by atoms with E-state index in [1.54, 1.807) is 24.3 Å². The van der Waals surface area contributed by atoms with Crippen LogP contribution in [0.3, 0.4) is 0 Å². The van der Waals surface area contributed by atoms with Crippen LogP contribution in [0.25, 0.3) is 0 Å². The van der Waals surface area contributed by atoms with Gasteiger partial charge in [-0.05, 0) is 40.2 Å². The second-order valence-electron chi connectivity index (χ2n) is 3.28. The van der Waals surface area contributed by atoms with Crippen molar-refractivity contribution in [2.45, 2.75) is 0 Å². The second kappa shape index (κ2) is 5.05. The molecule has 5 heteroatoms. The van der Waals surface area contributed by atoms with E-state index >= 15 is 0 Å². The molecule has 0 saturated carbocycles. The number of aromatic nitrogens is 1. The molecule has 1 heterocycles. The fourth-order valence-electron chi connectivity index (χ4n) is 1.31. The Morgan fingerprint density at radius 2 is 1.94 bits per heavy atom. The van der Waals surface area contributed by atoms with E-state index in [2.05, 4.69) is 26.2 Å². The van der Waals surface area contributed by atoms with Gasteiger partial charge in [0.05, 0.1) is 5.56 Å². The number of halogens is 2. The molecule has 0 fully saturated rings. The Morgan fingerprint density at radius 1 is 1.18 bits per heavy atom. The van der Waals surface area contributed by atoms with E-state index < -0.39 is 11.7 Å². The third-order valence-electron chi connectivity index (χ3n) is 2.08. The summed E-state index contributed by atoms with van der Waals surface area (Å²) in [5.41, 5.74) is -0.00530. The van der Waals surface area contributed by atoms with Crippen molar-refractivity contribution in [3.63, 3.8) is 0 Å². The molecule has 0 bridgehead atoms. The zero-order valence-electron chi connectivity index (χ0n) is 8.65. The molecule has 0 spiro atoms. The molecule has 1 amide bonds. The minimum absolute atomic E-state index is 0.00530. The van der Waals surface area contributed by atoms with Crippen LogP contribution >= 0.6 is 15.9 Å². The van der Waals surface area contributed by atoms with Gasteiger partial charge >= 0.3 is 0 Å². The van der Waals surface area contributed by atoms with Crippen molar-refractivity contribution in [3.8, 4) is 0 Å². The lowest BCUT2D eigenvalue weighted by Gasteiger charge is -2.05. The maximum absolute atomic E-state index is 13.3. The van der Waals surface area contributed by atoms with Gasteiger partial charge in [-0.3, -0.25) is 4.79 Å². The maximum atomic E-state index is 13.3. The molecule has 17 heavy (non-hydrogen) atoms. The van der Waals surface area contributed by atoms with Crippen molar-refractivity contribution in [2.24, 2.45) is 0 Å². The second-order valence-corrected chi connectivity index (χ2v) is 4.09. The van der Waals surface area contributed by atoms with Crippen LogP contribution in [0.1, 0.15) is 10.4 Å². The van der Waals surface area contributed by atoms with Gasteiger partial charge in [-0.25, -0.2) is 9.37 Å². The van der Waals surface area contributed by atoms with Crippen LogP contribution in [0.15, 0.2) is 47.1 Å². The Morgan fingerprint density at radius 3 is 2.65 bits per heavy atom. The zero-order chi connectivity index (χ0) is 12.3. The molecule has 1 aromatic heterocycles. The smallest absolute Gasteiger partial charge is 0.259 e. The van der Waals surface area contributed by atoms with E-state index in [1.165, 1.54) is 18.2 Å². The quantitative estimate of drug-likeness (QED) is 0.864. The largest absolute Gasteiger partial charge is 0.306 e. The molecule has 0 aliphatic carbocycles. The van der Waals surface area contributed by atoms with Crippen LogP contribution in [0.5, 0.6) is 0 Å². The van der Waals surface area contributed by atoms with Gasteiger partial charge in [0, 0.05) is 0 Å². The lowest BCUT2D eigenvalue weighted by molar-refractivity contribution is 0.102. The molecule has 2 rings (SSSR count). The molecule has 2 aromatic rings. The van der Waals surface area contributed by atoms with E-state index in [0.29, 0.717) is 10.4 Å². The summed E-state index contributed by atoms with van der Waals surface area (Å²) in [6.45, 7) is 0. The number of pyridine rings is 1. The van der Waals surface area contributed by atoms with Gasteiger partial charge in [0.2, 0.25) is 0 Å². The Bertz CT molecular complexity index is 560. The summed E-state index contributed by atoms with van der Waals surface area (Å²) < 4.78 is 13.9. The number of amides is 1. The first-order chi connectivity index (χ1) is 8.16. The average Bonchev–Trinajstić information content (AvgIpc) is 2.29. The van der Waals surface area contributed by atoms with Gasteiger partial charge in [-0.1, -0.05) is 18.2 Å². The van der Waals surface area contributed by atoms with E-state index in [0.717, 1.165) is 0 Å². The Balaban J connectivity index is 2.20. The summed E-state index contributed by atoms with van der Waals surface area (Å²) in [7, 11) is 0. The number of nitrogens with zero attached hydrogens (tertiary/aromatic N) is 1. The van der Waals surface area contributed by atoms with Crippen molar-refractivity contribution in [3.05, 3.63) is 58.4 Å². The number of anilines is 1. The third kappa shape index (κ3) is 2.88. The summed E-state index contributed by atoms with van der Waals surface area (Å²) in [4.78, 5) is 15.8. The van der Waals surface area contributed by atoms with Crippen LogP contribution in [-0.2, 0) is 0 Å². The molecule has 0 saturated heterocycles. The van der Waals surface area contributed by atoms with E-state index in [1.807, 2.05) is 0 Å². The Hall–Kier alpha value is -1.75. The van der Waals surface area contributed by atoms with Crippen LogP contribution in [0.2, 0.25) is 0 Å². The highest BCUT2D eigenvalue weighted by Gasteiger charge is 2.11. The van der Waals surface area contributed by atoms with Crippen LogP contribution in [0, 0.1) is 5.82 Å². The average molecular weight is 295 g/mol. The third-order valence-corrected chi connectivity index (χ3v) is 2.52. The molecule has 3 nitrogen and oxygen atoms in total. The molecule has 1 aromatic carbocycles. The molecule has 0 aliphatic rings. The molecular weight excluding hydrogens is 287 g/mol. The van der Waals surface area contributed by atoms with Crippen molar-refractivity contribution in [1.29, 1.82) is 0 Å². The molecule has 86 valence electrons. The lowest BCUT2D eigenvalue weighted by Crippen LogP contribution is -2.14. The molecule has 0 radical (unpaired) electrons. The van der Waals surface area contributed by atoms with Gasteiger partial charge in [-0.2, -0.15) is 0 Å². The first-order valence-corrected chi connectivity index (χ1v) is 5.64. The number of rotatable bonds is 2. The highest BCUT2D eigenvalue weighted by molar-refractivity contribution is 9.10. The van der Waals surface area contributed by atoms with Gasteiger partial charge in [0.1, 0.15) is 16.2 Å². The molecule has 1 N–H and O–H groups in total. The number of carbonyl (C=O) groups excluding carboxylic acids is 1. The monoisotopic (exact) mass is 294 g/mol. The summed E-state index contributed by atoms with van der Waals surface area (Å²) in [5, 5.41) is 2.52. The van der Waals surface area contributed by atoms with Crippen molar-refractivity contribution >= 4 is 27.7 Å². The predicted molar refractivity (Wildman–Crippen MR) is 66.3 cm³/mol. The topological polar surface area (TPSA) is 42.0 Å². The summed E-state index contributed by atoms with van der Waals surface area (Å²) in [6.07, 6.45) is 0. The molecular formula is C12H8BrFN2O. The number of hydrogen-bond acceptors (Lipinski definition) is 2. The van der Waals surface area contributed by atoms with Crippen molar-refractivity contribution in [1.82, 2.24) is 4.98 Å². The van der Waals surface area contributed by atoms with Gasteiger partial charge < -0.3 is 5.32 Å². The number of benzene rings is 1. The molecule has 0 aliphatic heterocycles. The maximum Gasteiger partial charge on any atom is 0.259 e. The van der Waals surface area contributed by atoms with Crippen molar-refractivity contribution in [2.75, 3.05) is 5.32 Å². The normalized spacial score (nSPS) is 10.0. The summed E-state index contributed by atoms with van der Waals surface area (Å²) >= 11 is 3.19. The van der Waals surface area contributed by atoms with Crippen LogP contribution in [0.4, 0.5) is 10.2 Å². The Labute approximate surface area is 106 Å². The SMILES string of the molecule is O=C(Nc1cccc(Br)n1)c1ccccc1F. The minimum Gasteiger partial charge on any atom is -0.306 e. The first kappa shape index (κ1) is 11.7. The Kier molecular flexibility index (Phi) is 3.49. The highest BCUT2D eigenvalue weighted by Crippen LogP contribution is 2.12. The van der Waals surface area contributed by atoms with Crippen molar-refractivity contribution < 1.29 is 9.18 Å². The van der Waals surface area contributed by atoms with Crippen LogP contribution in [-0.4, -0.2) is 10.9 Å². The standard InChI is InChI=1S/C12H8BrFN2O/c13-10-6-3-7-11(15-10)16-12(17)8-4-1-2-5-9(8)14/h1-7H,(H,15,16,17). The van der Waals surface area contributed by atoms with Gasteiger partial charge in [0.15, 0.2) is 0 Å². The van der Waals surface area contributed by atoms with E-state index in [9.17, 15) is 9.18 Å². The number of hydrogen-bond donors (Lipinski definition) is 1. The summed E-state index contributed by atoms with van der Waals surface area (Å²) in [6, 6.07) is 10.9. The van der Waals surface area contributed by atoms with E-state index in [-0.39, 0.29) is 5.56 Å².